The lowest BCUT2D eigenvalue weighted by molar-refractivity contribution is -0.121. The highest BCUT2D eigenvalue weighted by Crippen LogP contribution is 2.23. The highest BCUT2D eigenvalue weighted by molar-refractivity contribution is 5.87. The molecular weight excluding hydrogens is 421 g/mol. The lowest BCUT2D eigenvalue weighted by Gasteiger charge is -2.26. The number of likely N-dealkylation sites (tertiary alicyclic amines) is 1. The zero-order valence-corrected chi connectivity index (χ0v) is 19.4. The molecule has 0 spiro atoms. The summed E-state index contributed by atoms with van der Waals surface area (Å²) >= 11 is 0. The molecule has 3 aromatic rings. The summed E-state index contributed by atoms with van der Waals surface area (Å²) < 4.78 is 17.3. The Morgan fingerprint density at radius 2 is 1.88 bits per heavy atom. The second kappa shape index (κ2) is 10.3. The number of nitrogens with zero attached hydrogens (tertiary/aromatic N) is 4. The van der Waals surface area contributed by atoms with Gasteiger partial charge in [-0.1, -0.05) is 24.6 Å². The molecule has 0 aliphatic carbocycles. The summed E-state index contributed by atoms with van der Waals surface area (Å²) in [5.41, 5.74) is 1.85. The van der Waals surface area contributed by atoms with Crippen LogP contribution in [-0.4, -0.2) is 51.3 Å². The lowest BCUT2D eigenvalue weighted by atomic mass is 10.1. The number of halogens is 1. The molecule has 0 unspecified atom stereocenters. The zero-order chi connectivity index (χ0) is 23.4. The molecule has 176 valence electrons. The molecule has 1 aliphatic rings. The fourth-order valence-corrected chi connectivity index (χ4v) is 4.70. The van der Waals surface area contributed by atoms with Gasteiger partial charge in [0.15, 0.2) is 0 Å². The van der Waals surface area contributed by atoms with Crippen LogP contribution in [0.5, 0.6) is 0 Å². The number of carbonyl (C=O) groups is 1. The molecular formula is C25H32FN5O2. The van der Waals surface area contributed by atoms with Crippen LogP contribution in [0.3, 0.4) is 0 Å². The standard InChI is InChI=1S/C25H32FN5O2/c1-18-21-15-28-31(17-23(32)27-11-8-14-29-12-6-3-7-13-29)25(33)24(21)19(2)30(18)16-20-9-4-5-10-22(20)26/h4-5,9-10,15H,3,6-8,11-14,16-17H2,1-2H3,(H,27,32). The number of carbonyl (C=O) groups excluding carboxylic acids is 1. The third kappa shape index (κ3) is 5.16. The van der Waals surface area contributed by atoms with Gasteiger partial charge in [-0.3, -0.25) is 9.59 Å². The van der Waals surface area contributed by atoms with E-state index >= 15 is 0 Å². The summed E-state index contributed by atoms with van der Waals surface area (Å²) in [6.07, 6.45) is 6.34. The van der Waals surface area contributed by atoms with Gasteiger partial charge < -0.3 is 14.8 Å². The maximum atomic E-state index is 14.2. The molecule has 33 heavy (non-hydrogen) atoms. The van der Waals surface area contributed by atoms with Crippen LogP contribution in [0, 0.1) is 19.7 Å². The lowest BCUT2D eigenvalue weighted by Crippen LogP contribution is -2.36. The van der Waals surface area contributed by atoms with E-state index in [1.54, 1.807) is 24.4 Å². The average molecular weight is 454 g/mol. The molecule has 1 aliphatic heterocycles. The van der Waals surface area contributed by atoms with Gasteiger partial charge in [-0.15, -0.1) is 0 Å². The van der Waals surface area contributed by atoms with Crippen molar-refractivity contribution in [2.24, 2.45) is 0 Å². The Labute approximate surface area is 193 Å². The highest BCUT2D eigenvalue weighted by atomic mass is 19.1. The van der Waals surface area contributed by atoms with Crippen molar-refractivity contribution in [3.63, 3.8) is 0 Å². The first-order valence-electron chi connectivity index (χ1n) is 11.7. The minimum absolute atomic E-state index is 0.116. The van der Waals surface area contributed by atoms with Gasteiger partial charge in [0.25, 0.3) is 5.56 Å². The summed E-state index contributed by atoms with van der Waals surface area (Å²) in [6.45, 7) is 7.82. The number of hydrogen-bond acceptors (Lipinski definition) is 4. The fraction of sp³-hybridized carbons (Fsp3) is 0.480. The molecule has 1 amide bonds. The first kappa shape index (κ1) is 23.2. The van der Waals surface area contributed by atoms with Crippen molar-refractivity contribution in [2.75, 3.05) is 26.2 Å². The van der Waals surface area contributed by atoms with Crippen LogP contribution in [0.15, 0.2) is 35.3 Å². The smallest absolute Gasteiger partial charge is 0.276 e. The van der Waals surface area contributed by atoms with E-state index in [9.17, 15) is 14.0 Å². The van der Waals surface area contributed by atoms with Crippen LogP contribution < -0.4 is 10.9 Å². The summed E-state index contributed by atoms with van der Waals surface area (Å²) in [6, 6.07) is 6.63. The van der Waals surface area contributed by atoms with Gasteiger partial charge in [0.1, 0.15) is 12.4 Å². The monoisotopic (exact) mass is 453 g/mol. The van der Waals surface area contributed by atoms with Crippen LogP contribution in [0.1, 0.15) is 42.6 Å². The molecule has 0 atom stereocenters. The first-order valence-corrected chi connectivity index (χ1v) is 11.7. The second-order valence-corrected chi connectivity index (χ2v) is 8.85. The summed E-state index contributed by atoms with van der Waals surface area (Å²) in [5.74, 6) is -0.496. The van der Waals surface area contributed by atoms with Gasteiger partial charge in [0, 0.05) is 28.9 Å². The normalized spacial score (nSPS) is 14.6. The van der Waals surface area contributed by atoms with Crippen molar-refractivity contribution in [1.29, 1.82) is 0 Å². The van der Waals surface area contributed by atoms with Crippen molar-refractivity contribution >= 4 is 16.7 Å². The maximum Gasteiger partial charge on any atom is 0.276 e. The molecule has 4 rings (SSSR count). The fourth-order valence-electron chi connectivity index (χ4n) is 4.70. The number of hydrogen-bond donors (Lipinski definition) is 1. The van der Waals surface area contributed by atoms with Crippen molar-refractivity contribution in [2.45, 2.75) is 52.6 Å². The van der Waals surface area contributed by atoms with Gasteiger partial charge in [-0.25, -0.2) is 9.07 Å². The van der Waals surface area contributed by atoms with Crippen LogP contribution in [0.25, 0.3) is 10.8 Å². The van der Waals surface area contributed by atoms with Gasteiger partial charge in [0.05, 0.1) is 18.1 Å². The molecule has 1 fully saturated rings. The molecule has 7 nitrogen and oxygen atoms in total. The minimum Gasteiger partial charge on any atom is -0.354 e. The Bertz CT molecular complexity index is 1190. The van der Waals surface area contributed by atoms with Crippen molar-refractivity contribution in [1.82, 2.24) is 24.6 Å². The Balaban J connectivity index is 1.44. The van der Waals surface area contributed by atoms with E-state index in [1.807, 2.05) is 18.4 Å². The van der Waals surface area contributed by atoms with Crippen LogP contribution >= 0.6 is 0 Å². The predicted octanol–water partition coefficient (Wildman–Crippen LogP) is 2.99. The van der Waals surface area contributed by atoms with Crippen molar-refractivity contribution in [3.8, 4) is 0 Å². The average Bonchev–Trinajstić information content (AvgIpc) is 3.06. The number of fused-ring (bicyclic) bond motifs is 1. The zero-order valence-electron chi connectivity index (χ0n) is 19.4. The van der Waals surface area contributed by atoms with Crippen molar-refractivity contribution < 1.29 is 9.18 Å². The Morgan fingerprint density at radius 3 is 2.64 bits per heavy atom. The Hall–Kier alpha value is -3.00. The number of amides is 1. The highest BCUT2D eigenvalue weighted by Gasteiger charge is 2.18. The molecule has 8 heteroatoms. The second-order valence-electron chi connectivity index (χ2n) is 8.85. The van der Waals surface area contributed by atoms with Gasteiger partial charge >= 0.3 is 0 Å². The molecule has 0 bridgehead atoms. The maximum absolute atomic E-state index is 14.2. The van der Waals surface area contributed by atoms with E-state index in [0.29, 0.717) is 24.0 Å². The van der Waals surface area contributed by atoms with Gasteiger partial charge in [0.2, 0.25) is 5.91 Å². The van der Waals surface area contributed by atoms with Crippen molar-refractivity contribution in [3.05, 3.63) is 63.6 Å². The van der Waals surface area contributed by atoms with Crippen LogP contribution in [0.2, 0.25) is 0 Å². The van der Waals surface area contributed by atoms with E-state index < -0.39 is 0 Å². The van der Waals surface area contributed by atoms with Crippen LogP contribution in [0.4, 0.5) is 4.39 Å². The molecule has 3 heterocycles. The molecule has 1 N–H and O–H groups in total. The number of rotatable bonds is 8. The number of benzene rings is 1. The largest absolute Gasteiger partial charge is 0.354 e. The molecule has 2 aromatic heterocycles. The first-order chi connectivity index (χ1) is 16.0. The minimum atomic E-state index is -0.302. The third-order valence-electron chi connectivity index (χ3n) is 6.61. The van der Waals surface area contributed by atoms with Gasteiger partial charge in [-0.05, 0) is 58.8 Å². The number of aromatic nitrogens is 3. The van der Waals surface area contributed by atoms with E-state index in [1.165, 1.54) is 30.0 Å². The summed E-state index contributed by atoms with van der Waals surface area (Å²) in [5, 5.41) is 8.39. The Kier molecular flexibility index (Phi) is 7.23. The summed E-state index contributed by atoms with van der Waals surface area (Å²) in [4.78, 5) is 28.0. The topological polar surface area (TPSA) is 72.2 Å². The molecule has 1 saturated heterocycles. The molecule has 0 saturated carbocycles. The molecule has 0 radical (unpaired) electrons. The van der Waals surface area contributed by atoms with E-state index in [2.05, 4.69) is 15.3 Å². The van der Waals surface area contributed by atoms with Crippen LogP contribution in [-0.2, 0) is 17.9 Å². The summed E-state index contributed by atoms with van der Waals surface area (Å²) in [7, 11) is 0. The van der Waals surface area contributed by atoms with E-state index in [-0.39, 0.29) is 23.8 Å². The Morgan fingerprint density at radius 1 is 1.12 bits per heavy atom. The molecule has 1 aromatic carbocycles. The van der Waals surface area contributed by atoms with E-state index in [0.717, 1.165) is 42.8 Å². The predicted molar refractivity (Wildman–Crippen MR) is 127 cm³/mol. The number of piperidine rings is 1. The van der Waals surface area contributed by atoms with E-state index in [4.69, 9.17) is 0 Å². The number of aryl methyl sites for hydroxylation is 2. The quantitative estimate of drug-likeness (QED) is 0.533. The SMILES string of the molecule is Cc1c2cnn(CC(=O)NCCCN3CCCCC3)c(=O)c2c(C)n1Cc1ccccc1F. The number of nitrogens with one attached hydrogen (secondary N) is 1. The third-order valence-corrected chi connectivity index (χ3v) is 6.61. The van der Waals surface area contributed by atoms with Gasteiger partial charge in [-0.2, -0.15) is 5.10 Å².